The van der Waals surface area contributed by atoms with Gasteiger partial charge in [-0.2, -0.15) is 5.10 Å². The van der Waals surface area contributed by atoms with Crippen molar-refractivity contribution in [3.05, 3.63) is 98.8 Å². The van der Waals surface area contributed by atoms with Crippen molar-refractivity contribution in [1.29, 1.82) is 0 Å². The average molecular weight is 409 g/mol. The Bertz CT molecular complexity index is 1240. The Balaban J connectivity index is 1.78. The van der Waals surface area contributed by atoms with Crippen molar-refractivity contribution in [2.75, 3.05) is 5.43 Å². The van der Waals surface area contributed by atoms with E-state index >= 15 is 0 Å². The van der Waals surface area contributed by atoms with E-state index in [4.69, 9.17) is 23.2 Å². The fourth-order valence-electron chi connectivity index (χ4n) is 2.78. The van der Waals surface area contributed by atoms with E-state index in [9.17, 15) is 4.79 Å². The minimum atomic E-state index is -0.177. The number of halogens is 2. The van der Waals surface area contributed by atoms with Gasteiger partial charge in [-0.25, -0.2) is 15.0 Å². The van der Waals surface area contributed by atoms with Crippen LogP contribution in [0.2, 0.25) is 10.0 Å². The van der Waals surface area contributed by atoms with E-state index in [1.54, 1.807) is 36.5 Å². The lowest BCUT2D eigenvalue weighted by molar-refractivity contribution is 0.956. The molecule has 4 aromatic rings. The third kappa shape index (κ3) is 3.63. The van der Waals surface area contributed by atoms with Gasteiger partial charge in [-0.05, 0) is 42.0 Å². The molecule has 0 spiro atoms. The normalized spacial score (nSPS) is 11.2. The number of aromatic nitrogens is 2. The van der Waals surface area contributed by atoms with Gasteiger partial charge in [0, 0.05) is 0 Å². The highest BCUT2D eigenvalue weighted by Gasteiger charge is 2.12. The largest absolute Gasteiger partial charge is 0.268 e. The molecular weight excluding hydrogens is 395 g/mol. The monoisotopic (exact) mass is 408 g/mol. The first-order valence-corrected chi connectivity index (χ1v) is 9.20. The van der Waals surface area contributed by atoms with Gasteiger partial charge >= 0.3 is 0 Å². The van der Waals surface area contributed by atoms with E-state index in [-0.39, 0.29) is 5.56 Å². The molecule has 1 heterocycles. The molecule has 0 saturated carbocycles. The van der Waals surface area contributed by atoms with Crippen molar-refractivity contribution in [3.8, 4) is 5.69 Å². The quantitative estimate of drug-likeness (QED) is 0.375. The number of hydrogen-bond donors (Lipinski definition) is 1. The summed E-state index contributed by atoms with van der Waals surface area (Å²) in [7, 11) is 0. The molecule has 0 radical (unpaired) electrons. The van der Waals surface area contributed by atoms with Gasteiger partial charge in [-0.3, -0.25) is 4.79 Å². The van der Waals surface area contributed by atoms with Crippen molar-refractivity contribution >= 4 is 46.3 Å². The molecule has 1 N–H and O–H groups in total. The van der Waals surface area contributed by atoms with Crippen LogP contribution in [0.15, 0.2) is 82.7 Å². The van der Waals surface area contributed by atoms with Gasteiger partial charge in [0.2, 0.25) is 5.95 Å². The first-order valence-electron chi connectivity index (χ1n) is 8.45. The SMILES string of the molecule is O=c1c2ccccc2nc(NN=Cc2ccc(Cl)c(Cl)c2)n1-c1ccccc1. The van der Waals surface area contributed by atoms with Gasteiger partial charge < -0.3 is 0 Å². The summed E-state index contributed by atoms with van der Waals surface area (Å²) in [5, 5.41) is 5.66. The third-order valence-corrected chi connectivity index (χ3v) is 4.85. The summed E-state index contributed by atoms with van der Waals surface area (Å²) in [6.07, 6.45) is 1.58. The maximum absolute atomic E-state index is 13.1. The van der Waals surface area contributed by atoms with Crippen molar-refractivity contribution in [1.82, 2.24) is 9.55 Å². The summed E-state index contributed by atoms with van der Waals surface area (Å²) in [4.78, 5) is 17.6. The minimum absolute atomic E-state index is 0.177. The van der Waals surface area contributed by atoms with Crippen molar-refractivity contribution in [3.63, 3.8) is 0 Å². The average Bonchev–Trinajstić information content (AvgIpc) is 2.71. The standard InChI is InChI=1S/C21H14Cl2N4O/c22-17-11-10-14(12-18(17)23)13-24-26-21-25-19-9-5-4-8-16(19)20(28)27(21)15-6-2-1-3-7-15/h1-13H,(H,25,26). The highest BCUT2D eigenvalue weighted by atomic mass is 35.5. The molecule has 0 atom stereocenters. The van der Waals surface area contributed by atoms with Gasteiger partial charge in [-0.15, -0.1) is 0 Å². The molecule has 3 aromatic carbocycles. The molecule has 0 saturated heterocycles. The number of rotatable bonds is 4. The van der Waals surface area contributed by atoms with Crippen LogP contribution in [-0.4, -0.2) is 15.8 Å². The zero-order chi connectivity index (χ0) is 19.5. The van der Waals surface area contributed by atoms with Crippen LogP contribution in [-0.2, 0) is 0 Å². The number of nitrogens with one attached hydrogen (secondary N) is 1. The molecule has 0 aliphatic rings. The first kappa shape index (κ1) is 18.2. The van der Waals surface area contributed by atoms with Gasteiger partial charge in [0.1, 0.15) is 0 Å². The van der Waals surface area contributed by atoms with Crippen LogP contribution in [0.25, 0.3) is 16.6 Å². The summed E-state index contributed by atoms with van der Waals surface area (Å²) < 4.78 is 1.49. The number of fused-ring (bicyclic) bond motifs is 1. The van der Waals surface area contributed by atoms with Crippen LogP contribution in [0.4, 0.5) is 5.95 Å². The number of hydrazone groups is 1. The number of hydrogen-bond acceptors (Lipinski definition) is 4. The molecule has 7 heteroatoms. The molecule has 0 unspecified atom stereocenters. The fourth-order valence-corrected chi connectivity index (χ4v) is 3.09. The van der Waals surface area contributed by atoms with Crippen LogP contribution in [0, 0.1) is 0 Å². The Kier molecular flexibility index (Phi) is 5.10. The predicted octanol–water partition coefficient (Wildman–Crippen LogP) is 5.14. The van der Waals surface area contributed by atoms with Crippen molar-refractivity contribution in [2.45, 2.75) is 0 Å². The third-order valence-electron chi connectivity index (χ3n) is 4.11. The number of anilines is 1. The zero-order valence-electron chi connectivity index (χ0n) is 14.5. The maximum atomic E-state index is 13.1. The highest BCUT2D eigenvalue weighted by molar-refractivity contribution is 6.42. The van der Waals surface area contributed by atoms with Crippen LogP contribution < -0.4 is 11.0 Å². The van der Waals surface area contributed by atoms with Gasteiger partial charge in [0.05, 0.1) is 32.9 Å². The fraction of sp³-hybridized carbons (Fsp3) is 0. The van der Waals surface area contributed by atoms with E-state index < -0.39 is 0 Å². The second-order valence-electron chi connectivity index (χ2n) is 5.97. The Hall–Kier alpha value is -3.15. The van der Waals surface area contributed by atoms with Crippen LogP contribution in [0.1, 0.15) is 5.56 Å². The maximum Gasteiger partial charge on any atom is 0.267 e. The van der Waals surface area contributed by atoms with E-state index in [1.165, 1.54) is 4.57 Å². The molecule has 4 rings (SSSR count). The van der Waals surface area contributed by atoms with Crippen LogP contribution in [0.5, 0.6) is 0 Å². The van der Waals surface area contributed by atoms with E-state index in [0.717, 1.165) is 5.56 Å². The Morgan fingerprint density at radius 2 is 1.68 bits per heavy atom. The molecule has 0 aliphatic heterocycles. The van der Waals surface area contributed by atoms with Crippen molar-refractivity contribution < 1.29 is 0 Å². The van der Waals surface area contributed by atoms with Crippen LogP contribution in [0.3, 0.4) is 0 Å². The molecule has 0 amide bonds. The van der Waals surface area contributed by atoms with Gasteiger partial charge in [0.25, 0.3) is 5.56 Å². The smallest absolute Gasteiger partial charge is 0.267 e. The lowest BCUT2D eigenvalue weighted by atomic mass is 10.2. The topological polar surface area (TPSA) is 59.3 Å². The van der Waals surface area contributed by atoms with E-state index in [2.05, 4.69) is 15.5 Å². The Labute approximate surface area is 170 Å². The lowest BCUT2D eigenvalue weighted by Crippen LogP contribution is -2.22. The minimum Gasteiger partial charge on any atom is -0.268 e. The number of para-hydroxylation sites is 2. The molecule has 28 heavy (non-hydrogen) atoms. The second-order valence-corrected chi connectivity index (χ2v) is 6.79. The summed E-state index contributed by atoms with van der Waals surface area (Å²) in [6, 6.07) is 21.7. The molecule has 5 nitrogen and oxygen atoms in total. The second kappa shape index (κ2) is 7.84. The van der Waals surface area contributed by atoms with Gasteiger partial charge in [-0.1, -0.05) is 59.6 Å². The zero-order valence-corrected chi connectivity index (χ0v) is 16.0. The summed E-state index contributed by atoms with van der Waals surface area (Å²) in [5.74, 6) is 0.311. The molecule has 0 aliphatic carbocycles. The first-order chi connectivity index (χ1) is 13.6. The number of benzene rings is 3. The van der Waals surface area contributed by atoms with Crippen LogP contribution >= 0.6 is 23.2 Å². The lowest BCUT2D eigenvalue weighted by Gasteiger charge is -2.12. The molecule has 1 aromatic heterocycles. The summed E-state index contributed by atoms with van der Waals surface area (Å²) >= 11 is 12.0. The van der Waals surface area contributed by atoms with Crippen molar-refractivity contribution in [2.24, 2.45) is 5.10 Å². The molecule has 138 valence electrons. The van der Waals surface area contributed by atoms with E-state index in [0.29, 0.717) is 32.6 Å². The molecule has 0 fully saturated rings. The predicted molar refractivity (Wildman–Crippen MR) is 115 cm³/mol. The highest BCUT2D eigenvalue weighted by Crippen LogP contribution is 2.22. The summed E-state index contributed by atoms with van der Waals surface area (Å²) in [5.41, 5.74) is 4.74. The Morgan fingerprint density at radius 3 is 2.46 bits per heavy atom. The number of nitrogens with zero attached hydrogens (tertiary/aromatic N) is 3. The summed E-state index contributed by atoms with van der Waals surface area (Å²) in [6.45, 7) is 0. The van der Waals surface area contributed by atoms with E-state index in [1.807, 2.05) is 42.5 Å². The molecular formula is C21H14Cl2N4O. The van der Waals surface area contributed by atoms with Gasteiger partial charge in [0.15, 0.2) is 0 Å². The Morgan fingerprint density at radius 1 is 0.929 bits per heavy atom. The molecule has 0 bridgehead atoms.